The number of hydrogen-bond donors (Lipinski definition) is 2. The second kappa shape index (κ2) is 8.99. The first-order valence-electron chi connectivity index (χ1n) is 11.3. The minimum absolute atomic E-state index is 0.135. The van der Waals surface area contributed by atoms with Gasteiger partial charge >= 0.3 is 0 Å². The molecule has 8 nitrogen and oxygen atoms in total. The summed E-state index contributed by atoms with van der Waals surface area (Å²) in [6.45, 7) is 3.67. The first-order chi connectivity index (χ1) is 16.8. The van der Waals surface area contributed by atoms with Crippen LogP contribution >= 0.6 is 0 Å². The molecule has 35 heavy (non-hydrogen) atoms. The lowest BCUT2D eigenvalue weighted by Crippen LogP contribution is -2.22. The minimum atomic E-state index is -3.82. The predicted octanol–water partition coefficient (Wildman–Crippen LogP) is 4.72. The standard InChI is InChI=1S/C26H24N4O4S/c1-16-11-13-19(14-12-16)35(32,33)30-29-20-8-4-10-22-23(20)17(2)25(34-22)26(31)28-21-9-3-6-18-7-5-15-27-24(18)21/h3,5-7,9,11-15,30H,4,8,10H2,1-2H3,(H,28,31)/b29-20+. The first-order valence-corrected chi connectivity index (χ1v) is 12.7. The molecule has 2 N–H and O–H groups in total. The highest BCUT2D eigenvalue weighted by atomic mass is 32.2. The van der Waals surface area contributed by atoms with E-state index < -0.39 is 15.9 Å². The molecule has 2 heterocycles. The van der Waals surface area contributed by atoms with E-state index in [4.69, 9.17) is 4.42 Å². The number of anilines is 1. The molecule has 0 bridgehead atoms. The number of benzene rings is 2. The number of nitrogens with zero attached hydrogens (tertiary/aromatic N) is 2. The van der Waals surface area contributed by atoms with Crippen molar-refractivity contribution in [3.8, 4) is 0 Å². The molecule has 0 saturated heterocycles. The molecule has 178 valence electrons. The summed E-state index contributed by atoms with van der Waals surface area (Å²) in [5.41, 5.74) is 4.09. The number of rotatable bonds is 5. The van der Waals surface area contributed by atoms with Crippen LogP contribution in [0.15, 0.2) is 75.2 Å². The molecule has 0 radical (unpaired) electrons. The summed E-state index contributed by atoms with van der Waals surface area (Å²) in [7, 11) is -3.82. The van der Waals surface area contributed by atoms with E-state index in [1.807, 2.05) is 31.2 Å². The Bertz CT molecular complexity index is 1570. The summed E-state index contributed by atoms with van der Waals surface area (Å²) >= 11 is 0. The van der Waals surface area contributed by atoms with Crippen LogP contribution in [0.25, 0.3) is 10.9 Å². The lowest BCUT2D eigenvalue weighted by molar-refractivity contribution is 0.0994. The van der Waals surface area contributed by atoms with E-state index in [1.165, 1.54) is 12.1 Å². The predicted molar refractivity (Wildman–Crippen MR) is 134 cm³/mol. The molecular weight excluding hydrogens is 464 g/mol. The zero-order valence-corrected chi connectivity index (χ0v) is 20.1. The van der Waals surface area contributed by atoms with Crippen molar-refractivity contribution in [2.75, 3.05) is 5.32 Å². The van der Waals surface area contributed by atoms with Crippen molar-refractivity contribution in [1.82, 2.24) is 9.82 Å². The number of furan rings is 1. The van der Waals surface area contributed by atoms with Crippen LogP contribution < -0.4 is 10.1 Å². The number of hydrogen-bond acceptors (Lipinski definition) is 6. The molecule has 0 atom stereocenters. The van der Waals surface area contributed by atoms with Gasteiger partial charge in [0.05, 0.1) is 21.8 Å². The number of fused-ring (bicyclic) bond motifs is 2. The number of aryl methyl sites for hydroxylation is 2. The maximum absolute atomic E-state index is 13.1. The van der Waals surface area contributed by atoms with E-state index in [9.17, 15) is 13.2 Å². The minimum Gasteiger partial charge on any atom is -0.455 e. The highest BCUT2D eigenvalue weighted by Crippen LogP contribution is 2.31. The average Bonchev–Trinajstić information content (AvgIpc) is 3.20. The third kappa shape index (κ3) is 4.42. The number of amides is 1. The van der Waals surface area contributed by atoms with Gasteiger partial charge in [0.2, 0.25) is 0 Å². The van der Waals surface area contributed by atoms with E-state index in [1.54, 1.807) is 31.3 Å². The highest BCUT2D eigenvalue weighted by Gasteiger charge is 2.28. The van der Waals surface area contributed by atoms with Crippen molar-refractivity contribution < 1.29 is 17.6 Å². The number of sulfonamides is 1. The number of pyridine rings is 1. The molecule has 1 aliphatic carbocycles. The van der Waals surface area contributed by atoms with Crippen molar-refractivity contribution >= 4 is 38.2 Å². The molecule has 0 aliphatic heterocycles. The largest absolute Gasteiger partial charge is 0.455 e. The Kier molecular flexibility index (Phi) is 5.86. The molecule has 2 aromatic carbocycles. The molecule has 1 aliphatic rings. The SMILES string of the molecule is Cc1ccc(S(=O)(=O)N/N=C2\CCCc3oc(C(=O)Nc4cccc5cccnc45)c(C)c32)cc1. The molecule has 1 amide bonds. The van der Waals surface area contributed by atoms with Crippen LogP contribution in [0.3, 0.4) is 0 Å². The number of aromatic nitrogens is 1. The van der Waals surface area contributed by atoms with Gasteiger partial charge in [0.1, 0.15) is 5.76 Å². The molecule has 0 fully saturated rings. The van der Waals surface area contributed by atoms with Gasteiger partial charge in [-0.05, 0) is 51.0 Å². The van der Waals surface area contributed by atoms with Crippen molar-refractivity contribution in [3.05, 3.63) is 89.0 Å². The zero-order valence-electron chi connectivity index (χ0n) is 19.3. The fourth-order valence-electron chi connectivity index (χ4n) is 4.27. The van der Waals surface area contributed by atoms with Gasteiger partial charge in [-0.15, -0.1) is 0 Å². The maximum atomic E-state index is 13.1. The van der Waals surface area contributed by atoms with E-state index in [0.29, 0.717) is 46.6 Å². The van der Waals surface area contributed by atoms with Gasteiger partial charge in [0, 0.05) is 29.1 Å². The Morgan fingerprint density at radius 3 is 2.60 bits per heavy atom. The summed E-state index contributed by atoms with van der Waals surface area (Å²) in [5.74, 6) is 0.414. The normalized spacial score (nSPS) is 14.6. The van der Waals surface area contributed by atoms with Gasteiger partial charge in [0.25, 0.3) is 15.9 Å². The second-order valence-electron chi connectivity index (χ2n) is 8.51. The number of para-hydroxylation sites is 1. The second-order valence-corrected chi connectivity index (χ2v) is 10.2. The Morgan fingerprint density at radius 1 is 1.03 bits per heavy atom. The number of carbonyl (C=O) groups excluding carboxylic acids is 1. The number of carbonyl (C=O) groups is 1. The number of hydrazone groups is 1. The van der Waals surface area contributed by atoms with Gasteiger partial charge in [-0.2, -0.15) is 18.4 Å². The van der Waals surface area contributed by atoms with E-state index in [-0.39, 0.29) is 10.7 Å². The van der Waals surface area contributed by atoms with Crippen LogP contribution in [0.1, 0.15) is 45.8 Å². The van der Waals surface area contributed by atoms with Gasteiger partial charge in [-0.3, -0.25) is 9.78 Å². The summed E-state index contributed by atoms with van der Waals surface area (Å²) in [6.07, 6.45) is 3.62. The molecule has 4 aromatic rings. The molecule has 0 spiro atoms. The van der Waals surface area contributed by atoms with Gasteiger partial charge in [0.15, 0.2) is 5.76 Å². The monoisotopic (exact) mass is 488 g/mol. The van der Waals surface area contributed by atoms with Crippen molar-refractivity contribution in [2.24, 2.45) is 5.10 Å². The third-order valence-corrected chi connectivity index (χ3v) is 7.27. The maximum Gasteiger partial charge on any atom is 0.291 e. The Balaban J connectivity index is 1.43. The average molecular weight is 489 g/mol. The smallest absolute Gasteiger partial charge is 0.291 e. The topological polar surface area (TPSA) is 114 Å². The lowest BCUT2D eigenvalue weighted by atomic mass is 9.93. The quantitative estimate of drug-likeness (QED) is 0.395. The molecule has 5 rings (SSSR count). The van der Waals surface area contributed by atoms with Crippen molar-refractivity contribution in [1.29, 1.82) is 0 Å². The molecule has 0 unspecified atom stereocenters. The fraction of sp³-hybridized carbons (Fsp3) is 0.192. The van der Waals surface area contributed by atoms with Crippen LogP contribution in [0.2, 0.25) is 0 Å². The van der Waals surface area contributed by atoms with Crippen molar-refractivity contribution in [2.45, 2.75) is 38.0 Å². The van der Waals surface area contributed by atoms with Crippen LogP contribution in [0.4, 0.5) is 5.69 Å². The van der Waals surface area contributed by atoms with Gasteiger partial charge in [-0.25, -0.2) is 0 Å². The summed E-state index contributed by atoms with van der Waals surface area (Å²) in [6, 6.07) is 15.9. The van der Waals surface area contributed by atoms with E-state index in [0.717, 1.165) is 17.4 Å². The zero-order chi connectivity index (χ0) is 24.6. The van der Waals surface area contributed by atoms with Gasteiger partial charge in [-0.1, -0.05) is 35.9 Å². The van der Waals surface area contributed by atoms with Crippen LogP contribution in [0.5, 0.6) is 0 Å². The van der Waals surface area contributed by atoms with Crippen molar-refractivity contribution in [3.63, 3.8) is 0 Å². The summed E-state index contributed by atoms with van der Waals surface area (Å²) in [5, 5.41) is 8.05. The van der Waals surface area contributed by atoms with Crippen LogP contribution in [-0.2, 0) is 16.4 Å². The van der Waals surface area contributed by atoms with Crippen LogP contribution in [-0.4, -0.2) is 25.0 Å². The number of nitrogens with one attached hydrogen (secondary N) is 2. The molecule has 2 aromatic heterocycles. The molecule has 9 heteroatoms. The fourth-order valence-corrected chi connectivity index (χ4v) is 5.10. The molecule has 0 saturated carbocycles. The van der Waals surface area contributed by atoms with E-state index >= 15 is 0 Å². The van der Waals surface area contributed by atoms with Gasteiger partial charge < -0.3 is 9.73 Å². The summed E-state index contributed by atoms with van der Waals surface area (Å²) in [4.78, 5) is 20.0. The molecular formula is C26H24N4O4S. The Morgan fingerprint density at radius 2 is 1.80 bits per heavy atom. The third-order valence-electron chi connectivity index (χ3n) is 6.04. The van der Waals surface area contributed by atoms with Crippen LogP contribution in [0, 0.1) is 13.8 Å². The summed E-state index contributed by atoms with van der Waals surface area (Å²) < 4.78 is 31.3. The first kappa shape index (κ1) is 22.8. The lowest BCUT2D eigenvalue weighted by Gasteiger charge is -2.14. The van der Waals surface area contributed by atoms with E-state index in [2.05, 4.69) is 20.2 Å². The highest BCUT2D eigenvalue weighted by molar-refractivity contribution is 7.89. The Labute approximate surface area is 203 Å². The Hall–Kier alpha value is -3.98.